The van der Waals surface area contributed by atoms with Gasteiger partial charge in [-0.2, -0.15) is 0 Å². The molecular weight excluding hydrogens is 406 g/mol. The molecule has 0 radical (unpaired) electrons. The molecule has 0 N–H and O–H groups in total. The Balaban J connectivity index is 1.44. The van der Waals surface area contributed by atoms with E-state index in [1.807, 2.05) is 0 Å². The Kier molecular flexibility index (Phi) is 3.63. The van der Waals surface area contributed by atoms with Crippen molar-refractivity contribution in [2.45, 2.75) is 90.4 Å². The van der Waals surface area contributed by atoms with Gasteiger partial charge in [0.2, 0.25) is 0 Å². The van der Waals surface area contributed by atoms with Crippen LogP contribution in [0.3, 0.4) is 0 Å². The zero-order valence-electron chi connectivity index (χ0n) is 19.6. The first-order valence-corrected chi connectivity index (χ1v) is 12.7. The fourth-order valence-corrected chi connectivity index (χ4v) is 11.2. The molecule has 5 saturated carbocycles. The molecule has 4 heterocycles. The van der Waals surface area contributed by atoms with E-state index in [-0.39, 0.29) is 58.6 Å². The van der Waals surface area contributed by atoms with Crippen LogP contribution in [0.4, 0.5) is 0 Å². The molecule has 32 heavy (non-hydrogen) atoms. The standard InChI is InChI=1S/C26H35NO5/c1-6-27-21-16-9-18-24(5)8-7-20(32-23(24)27)26(18,21)19-10-17(30-13(3)28)15-11-25(16,19)22(12(15)2)31-14(4)29/h15-23H,2,6-11H2,1,3-5H3/t15-,16+,17+,18-,19-,20+,21-,22-,23-,24-,25+,26+/m1/s1. The minimum atomic E-state index is -0.273. The SMILES string of the molecule is C=C1[C@H]2C[C@@]3([C@@H]1OC(C)=O)[C@@H](C[C@@H]2OC(C)=O)[C@]12[C@@H]4CC[C@]5(C)[C@H]1C[C@H]3[C@H]2N(CC)[C@@H]5O4. The molecule has 174 valence electrons. The molecule has 6 heteroatoms. The summed E-state index contributed by atoms with van der Waals surface area (Å²) in [5.74, 6) is 1.07. The number of rotatable bonds is 3. The van der Waals surface area contributed by atoms with Gasteiger partial charge in [0.05, 0.1) is 6.10 Å². The lowest BCUT2D eigenvalue weighted by atomic mass is 9.41. The summed E-state index contributed by atoms with van der Waals surface area (Å²) in [6.45, 7) is 13.2. The third-order valence-corrected chi connectivity index (χ3v) is 11.5. The Hall–Kier alpha value is -1.40. The van der Waals surface area contributed by atoms with E-state index in [1.165, 1.54) is 26.7 Å². The van der Waals surface area contributed by atoms with Gasteiger partial charge in [-0.15, -0.1) is 0 Å². The molecule has 9 aliphatic rings. The summed E-state index contributed by atoms with van der Waals surface area (Å²) in [6, 6.07) is 0.473. The molecule has 9 fully saturated rings. The second-order valence-electron chi connectivity index (χ2n) is 12.1. The predicted octanol–water partition coefficient (Wildman–Crippen LogP) is 3.30. The fraction of sp³-hybridized carbons (Fsp3) is 0.846. The van der Waals surface area contributed by atoms with Crippen LogP contribution < -0.4 is 0 Å². The molecule has 12 atom stereocenters. The highest BCUT2D eigenvalue weighted by molar-refractivity contribution is 5.67. The maximum Gasteiger partial charge on any atom is 0.303 e. The quantitative estimate of drug-likeness (QED) is 0.495. The summed E-state index contributed by atoms with van der Waals surface area (Å²) in [6.07, 6.45) is 5.37. The first-order chi connectivity index (χ1) is 15.2. The summed E-state index contributed by atoms with van der Waals surface area (Å²) >= 11 is 0. The Labute approximate surface area is 190 Å². The zero-order chi connectivity index (χ0) is 22.4. The van der Waals surface area contributed by atoms with Gasteiger partial charge >= 0.3 is 11.9 Å². The lowest BCUT2D eigenvalue weighted by Gasteiger charge is -2.73. The van der Waals surface area contributed by atoms with Gasteiger partial charge in [-0.3, -0.25) is 14.5 Å². The Morgan fingerprint density at radius 1 is 1.19 bits per heavy atom. The molecule has 0 amide bonds. The van der Waals surface area contributed by atoms with E-state index in [9.17, 15) is 9.59 Å². The molecule has 0 aromatic rings. The number of carbonyl (C=O) groups excluding carboxylic acids is 2. The highest BCUT2D eigenvalue weighted by Gasteiger charge is 2.89. The van der Waals surface area contributed by atoms with E-state index in [1.54, 1.807) is 0 Å². The van der Waals surface area contributed by atoms with Crippen molar-refractivity contribution in [3.05, 3.63) is 12.2 Å². The summed E-state index contributed by atoms with van der Waals surface area (Å²) in [4.78, 5) is 27.0. The van der Waals surface area contributed by atoms with Crippen LogP contribution in [0.25, 0.3) is 0 Å². The van der Waals surface area contributed by atoms with Crippen LogP contribution in [-0.2, 0) is 23.8 Å². The molecule has 9 bridgehead atoms. The normalized spacial score (nSPS) is 58.2. The van der Waals surface area contributed by atoms with Gasteiger partial charge in [0.1, 0.15) is 18.4 Å². The van der Waals surface area contributed by atoms with E-state index in [4.69, 9.17) is 14.2 Å². The highest BCUT2D eigenvalue weighted by Crippen LogP contribution is 2.86. The lowest BCUT2D eigenvalue weighted by Crippen LogP contribution is -2.78. The van der Waals surface area contributed by atoms with Crippen molar-refractivity contribution >= 4 is 11.9 Å². The number of hydrogen-bond donors (Lipinski definition) is 0. The zero-order valence-corrected chi connectivity index (χ0v) is 19.6. The summed E-state index contributed by atoms with van der Waals surface area (Å²) in [5, 5.41) is 0. The number of esters is 2. The van der Waals surface area contributed by atoms with Crippen molar-refractivity contribution in [2.75, 3.05) is 6.54 Å². The van der Waals surface area contributed by atoms with Crippen molar-refractivity contribution in [1.82, 2.24) is 4.90 Å². The average molecular weight is 442 g/mol. The average Bonchev–Trinajstić information content (AvgIpc) is 3.28. The molecule has 6 nitrogen and oxygen atoms in total. The number of carbonyl (C=O) groups is 2. The molecule has 0 unspecified atom stereocenters. The van der Waals surface area contributed by atoms with Crippen molar-refractivity contribution in [1.29, 1.82) is 0 Å². The van der Waals surface area contributed by atoms with E-state index >= 15 is 0 Å². The van der Waals surface area contributed by atoms with E-state index in [2.05, 4.69) is 25.3 Å². The molecule has 9 rings (SSSR count). The van der Waals surface area contributed by atoms with Crippen molar-refractivity contribution in [2.24, 2.45) is 39.9 Å². The first kappa shape index (κ1) is 20.0. The van der Waals surface area contributed by atoms with Gasteiger partial charge in [0.25, 0.3) is 0 Å². The first-order valence-electron chi connectivity index (χ1n) is 12.7. The molecule has 0 aromatic carbocycles. The molecule has 4 saturated heterocycles. The largest absolute Gasteiger partial charge is 0.462 e. The number of fused-ring (bicyclic) bond motifs is 2. The Bertz CT molecular complexity index is 949. The summed E-state index contributed by atoms with van der Waals surface area (Å²) in [7, 11) is 0. The highest BCUT2D eigenvalue weighted by atomic mass is 16.6. The molecule has 5 aliphatic carbocycles. The number of nitrogens with zero attached hydrogens (tertiary/aromatic N) is 1. The maximum absolute atomic E-state index is 12.3. The van der Waals surface area contributed by atoms with Crippen LogP contribution in [0.2, 0.25) is 0 Å². The minimum Gasteiger partial charge on any atom is -0.462 e. The Morgan fingerprint density at radius 2 is 1.94 bits per heavy atom. The number of hydrogen-bond acceptors (Lipinski definition) is 6. The minimum absolute atomic E-state index is 0.0643. The topological polar surface area (TPSA) is 65.1 Å². The van der Waals surface area contributed by atoms with Gasteiger partial charge in [-0.05, 0) is 62.0 Å². The Morgan fingerprint density at radius 3 is 2.62 bits per heavy atom. The summed E-state index contributed by atoms with van der Waals surface area (Å²) in [5.41, 5.74) is 1.12. The third-order valence-electron chi connectivity index (χ3n) is 11.5. The van der Waals surface area contributed by atoms with Gasteiger partial charge in [0, 0.05) is 42.1 Å². The second kappa shape index (κ2) is 5.80. The van der Waals surface area contributed by atoms with Crippen LogP contribution in [0.1, 0.15) is 59.8 Å². The van der Waals surface area contributed by atoms with Crippen molar-refractivity contribution < 1.29 is 23.8 Å². The predicted molar refractivity (Wildman–Crippen MR) is 115 cm³/mol. The third kappa shape index (κ3) is 1.81. The van der Waals surface area contributed by atoms with Crippen LogP contribution in [0, 0.1) is 39.9 Å². The second-order valence-corrected chi connectivity index (χ2v) is 12.1. The van der Waals surface area contributed by atoms with Crippen LogP contribution in [-0.4, -0.2) is 54.0 Å². The van der Waals surface area contributed by atoms with Crippen LogP contribution in [0.5, 0.6) is 0 Å². The monoisotopic (exact) mass is 441 g/mol. The van der Waals surface area contributed by atoms with Gasteiger partial charge in [-0.25, -0.2) is 0 Å². The fourth-order valence-electron chi connectivity index (χ4n) is 11.2. The maximum atomic E-state index is 12.3. The van der Waals surface area contributed by atoms with Crippen LogP contribution >= 0.6 is 0 Å². The van der Waals surface area contributed by atoms with Crippen molar-refractivity contribution in [3.63, 3.8) is 0 Å². The number of piperidine rings is 1. The van der Waals surface area contributed by atoms with Gasteiger partial charge in [0.15, 0.2) is 0 Å². The van der Waals surface area contributed by atoms with Crippen molar-refractivity contribution in [3.8, 4) is 0 Å². The smallest absolute Gasteiger partial charge is 0.303 e. The van der Waals surface area contributed by atoms with Gasteiger partial charge < -0.3 is 14.2 Å². The van der Waals surface area contributed by atoms with E-state index in [0.29, 0.717) is 23.8 Å². The molecule has 2 spiro atoms. The summed E-state index contributed by atoms with van der Waals surface area (Å²) < 4.78 is 19.0. The molecule has 0 aromatic heterocycles. The van der Waals surface area contributed by atoms with Crippen LogP contribution in [0.15, 0.2) is 12.2 Å². The van der Waals surface area contributed by atoms with E-state index < -0.39 is 0 Å². The molecule has 4 aliphatic heterocycles. The van der Waals surface area contributed by atoms with E-state index in [0.717, 1.165) is 31.4 Å². The number of ether oxygens (including phenoxy) is 3. The lowest BCUT2D eigenvalue weighted by molar-refractivity contribution is -0.372. The molecular formula is C26H35NO5. The van der Waals surface area contributed by atoms with Gasteiger partial charge in [-0.1, -0.05) is 20.4 Å².